The van der Waals surface area contributed by atoms with E-state index in [4.69, 9.17) is 2.85 Å². The van der Waals surface area contributed by atoms with Gasteiger partial charge in [-0.25, -0.2) is 0 Å². The first kappa shape index (κ1) is 8.63. The molecule has 0 aliphatic carbocycles. The summed E-state index contributed by atoms with van der Waals surface area (Å²) >= 11 is -2.61. The first-order chi connectivity index (χ1) is 3.66. The number of rotatable bonds is 3. The van der Waals surface area contributed by atoms with Gasteiger partial charge in [-0.1, -0.05) is 0 Å². The van der Waals surface area contributed by atoms with Crippen molar-refractivity contribution < 1.29 is 27.6 Å². The Morgan fingerprint density at radius 2 is 2.12 bits per heavy atom. The van der Waals surface area contributed by atoms with Crippen molar-refractivity contribution in [2.75, 3.05) is 0 Å². The van der Waals surface area contributed by atoms with Crippen LogP contribution in [0.25, 0.3) is 0 Å². The Labute approximate surface area is 58.8 Å². The Balaban J connectivity index is 3.25. The van der Waals surface area contributed by atoms with E-state index in [2.05, 4.69) is 0 Å². The molecule has 48 valence electrons. The van der Waals surface area contributed by atoms with E-state index >= 15 is 0 Å². The van der Waals surface area contributed by atoms with Gasteiger partial charge in [0.1, 0.15) is 0 Å². The Kier molecular flexibility index (Phi) is 4.86. The van der Waals surface area contributed by atoms with Crippen molar-refractivity contribution in [2.45, 2.75) is 31.1 Å². The van der Waals surface area contributed by atoms with Crippen molar-refractivity contribution in [2.24, 2.45) is 0 Å². The third-order valence-electron chi connectivity index (χ3n) is 0.656. The van der Waals surface area contributed by atoms with Crippen LogP contribution in [0.5, 0.6) is 0 Å². The molecule has 0 bridgehead atoms. The van der Waals surface area contributed by atoms with E-state index in [1.54, 1.807) is 0 Å². The van der Waals surface area contributed by atoms with Crippen LogP contribution in [0.3, 0.4) is 0 Å². The van der Waals surface area contributed by atoms with E-state index in [0.29, 0.717) is 0 Å². The molecule has 0 aliphatic rings. The number of hydrogen-bond donors (Lipinski definition) is 0. The second kappa shape index (κ2) is 4.50. The fraction of sp³-hybridized carbons (Fsp3) is 1.00. The fourth-order valence-corrected chi connectivity index (χ4v) is 2.83. The maximum absolute atomic E-state index is 10.7. The third kappa shape index (κ3) is 4.78. The van der Waals surface area contributed by atoms with Crippen LogP contribution in [0.4, 0.5) is 0 Å². The van der Waals surface area contributed by atoms with E-state index in [-0.39, 0.29) is 6.10 Å². The van der Waals surface area contributed by atoms with Crippen molar-refractivity contribution in [1.29, 1.82) is 0 Å². The van der Waals surface area contributed by atoms with Crippen LogP contribution in [-0.4, -0.2) is 6.10 Å². The van der Waals surface area contributed by atoms with Crippen molar-refractivity contribution in [1.82, 2.24) is 0 Å². The standard InChI is InChI=1S/C3H7O.C2H5.Hf.O/c1-3(2)4;1-2;;/h3H,1-2H3;1H2,2H3;;/q-1;;+1;. The van der Waals surface area contributed by atoms with Crippen LogP contribution in [0.2, 0.25) is 4.18 Å². The van der Waals surface area contributed by atoms with Gasteiger partial charge in [0.2, 0.25) is 0 Å². The van der Waals surface area contributed by atoms with Gasteiger partial charge in [-0.15, -0.1) is 0 Å². The Morgan fingerprint density at radius 1 is 1.62 bits per heavy atom. The zero-order valence-corrected chi connectivity index (χ0v) is 9.19. The second-order valence-electron chi connectivity index (χ2n) is 1.89. The van der Waals surface area contributed by atoms with E-state index in [1.165, 1.54) is 0 Å². The molecule has 0 radical (unpaired) electrons. The van der Waals surface area contributed by atoms with Gasteiger partial charge in [-0.3, -0.25) is 0 Å². The van der Waals surface area contributed by atoms with Crippen LogP contribution in [0.1, 0.15) is 20.8 Å². The Morgan fingerprint density at radius 3 is 2.25 bits per heavy atom. The van der Waals surface area contributed by atoms with E-state index in [9.17, 15) is 2.85 Å². The van der Waals surface area contributed by atoms with Crippen molar-refractivity contribution in [3.05, 3.63) is 0 Å². The molecule has 0 aliphatic heterocycles. The summed E-state index contributed by atoms with van der Waals surface area (Å²) in [5.41, 5.74) is 0. The van der Waals surface area contributed by atoms with Gasteiger partial charge >= 0.3 is 58.6 Å². The first-order valence-electron chi connectivity index (χ1n) is 2.86. The normalized spacial score (nSPS) is 10.0. The fourth-order valence-electron chi connectivity index (χ4n) is 0.346. The second-order valence-corrected chi connectivity index (χ2v) is 7.95. The topological polar surface area (TPSA) is 26.3 Å². The maximum atomic E-state index is 10.7. The Bertz CT molecular complexity index is 80.5. The van der Waals surface area contributed by atoms with Crippen LogP contribution in [0, 0.1) is 0 Å². The summed E-state index contributed by atoms with van der Waals surface area (Å²) in [5.74, 6) is 0. The van der Waals surface area contributed by atoms with Gasteiger partial charge in [0.05, 0.1) is 0 Å². The molecular weight excluding hydrogens is 271 g/mol. The molecule has 0 amide bonds. The summed E-state index contributed by atoms with van der Waals surface area (Å²) in [6, 6.07) is 0. The van der Waals surface area contributed by atoms with Gasteiger partial charge < -0.3 is 0 Å². The third-order valence-corrected chi connectivity index (χ3v) is 5.37. The molecule has 0 aromatic carbocycles. The molecule has 0 heterocycles. The monoisotopic (exact) mass is 284 g/mol. The summed E-state index contributed by atoms with van der Waals surface area (Å²) in [4.78, 5) is 0. The van der Waals surface area contributed by atoms with E-state index in [0.717, 1.165) is 4.18 Å². The average molecular weight is 283 g/mol. The van der Waals surface area contributed by atoms with Gasteiger partial charge in [-0.2, -0.15) is 0 Å². The molecule has 0 atom stereocenters. The predicted molar refractivity (Wildman–Crippen MR) is 27.4 cm³/mol. The molecule has 8 heavy (non-hydrogen) atoms. The van der Waals surface area contributed by atoms with Gasteiger partial charge in [0.15, 0.2) is 0 Å². The van der Waals surface area contributed by atoms with E-state index in [1.807, 2.05) is 20.8 Å². The minimum atomic E-state index is -2.61. The molecule has 0 unspecified atom stereocenters. The van der Waals surface area contributed by atoms with E-state index < -0.39 is 21.9 Å². The Hall–Kier alpha value is 0.630. The van der Waals surface area contributed by atoms with Crippen LogP contribution in [-0.2, 0) is 27.6 Å². The number of hydrogen-bond acceptors (Lipinski definition) is 2. The molecule has 0 N–H and O–H groups in total. The molecule has 0 spiro atoms. The van der Waals surface area contributed by atoms with Gasteiger partial charge in [-0.05, 0) is 0 Å². The molecule has 2 nitrogen and oxygen atoms in total. The molecule has 0 rings (SSSR count). The zero-order valence-electron chi connectivity index (χ0n) is 5.60. The van der Waals surface area contributed by atoms with Crippen LogP contribution < -0.4 is 0 Å². The quantitative estimate of drug-likeness (QED) is 0.737. The van der Waals surface area contributed by atoms with Crippen molar-refractivity contribution in [3.63, 3.8) is 0 Å². The first-order valence-corrected chi connectivity index (χ1v) is 8.33. The molecule has 0 aromatic heterocycles. The van der Waals surface area contributed by atoms with Gasteiger partial charge in [0.25, 0.3) is 0 Å². The summed E-state index contributed by atoms with van der Waals surface area (Å²) in [6.07, 6.45) is 0.162. The average Bonchev–Trinajstić information content (AvgIpc) is 1.65. The van der Waals surface area contributed by atoms with Crippen molar-refractivity contribution >= 4 is 0 Å². The van der Waals surface area contributed by atoms with Crippen LogP contribution >= 0.6 is 0 Å². The van der Waals surface area contributed by atoms with Crippen molar-refractivity contribution in [3.8, 4) is 0 Å². The summed E-state index contributed by atoms with van der Waals surface area (Å²) in [7, 11) is 0. The molecule has 0 saturated heterocycles. The molecule has 0 saturated carbocycles. The molecule has 0 fully saturated rings. The van der Waals surface area contributed by atoms with Gasteiger partial charge in [0, 0.05) is 0 Å². The van der Waals surface area contributed by atoms with Crippen LogP contribution in [0.15, 0.2) is 0 Å². The molecule has 0 aromatic rings. The SMILES string of the molecule is C[CH2][Hf](=[O])[O]C(C)C. The molecular formula is C5H12HfO2. The zero-order chi connectivity index (χ0) is 6.57. The summed E-state index contributed by atoms with van der Waals surface area (Å²) in [6.45, 7) is 5.74. The summed E-state index contributed by atoms with van der Waals surface area (Å²) < 4.78 is 16.5. The predicted octanol–water partition coefficient (Wildman–Crippen LogP) is 1.73. The summed E-state index contributed by atoms with van der Waals surface area (Å²) in [5, 5.41) is 0. The molecule has 3 heteroatoms. The minimum absolute atomic E-state index is 0.162.